The van der Waals surface area contributed by atoms with E-state index in [0.29, 0.717) is 29.2 Å². The summed E-state index contributed by atoms with van der Waals surface area (Å²) < 4.78 is 25.2. The summed E-state index contributed by atoms with van der Waals surface area (Å²) in [5, 5.41) is 0. The molecule has 0 spiro atoms. The highest BCUT2D eigenvalue weighted by atomic mass is 19.1. The Bertz CT molecular complexity index is 838. The maximum atomic E-state index is 14.0. The molecule has 5 heteroatoms. The molecule has 0 unspecified atom stereocenters. The van der Waals surface area contributed by atoms with Gasteiger partial charge in [-0.3, -0.25) is 0 Å². The third-order valence-corrected chi connectivity index (χ3v) is 3.59. The van der Waals surface area contributed by atoms with Gasteiger partial charge in [0, 0.05) is 17.2 Å². The van der Waals surface area contributed by atoms with E-state index in [9.17, 15) is 4.39 Å². The van der Waals surface area contributed by atoms with E-state index in [1.807, 2.05) is 30.3 Å². The van der Waals surface area contributed by atoms with E-state index in [1.54, 1.807) is 18.2 Å². The van der Waals surface area contributed by atoms with Gasteiger partial charge in [-0.15, -0.1) is 0 Å². The first kappa shape index (κ1) is 15.8. The SMILES string of the molecule is COc1cc(OCc2ccccc2)ccc1-c1cc(N)ncc1F. The van der Waals surface area contributed by atoms with Gasteiger partial charge in [0.15, 0.2) is 0 Å². The molecule has 24 heavy (non-hydrogen) atoms. The average Bonchev–Trinajstić information content (AvgIpc) is 2.62. The number of aromatic nitrogens is 1. The molecule has 0 atom stereocenters. The van der Waals surface area contributed by atoms with Crippen LogP contribution in [0.15, 0.2) is 60.8 Å². The molecule has 0 fully saturated rings. The van der Waals surface area contributed by atoms with E-state index >= 15 is 0 Å². The number of methoxy groups -OCH3 is 1. The lowest BCUT2D eigenvalue weighted by molar-refractivity contribution is 0.304. The lowest BCUT2D eigenvalue weighted by Crippen LogP contribution is -1.98. The molecular weight excluding hydrogens is 307 g/mol. The Hall–Kier alpha value is -3.08. The average molecular weight is 324 g/mol. The minimum Gasteiger partial charge on any atom is -0.496 e. The molecule has 2 aromatic carbocycles. The topological polar surface area (TPSA) is 57.4 Å². The molecule has 0 saturated heterocycles. The van der Waals surface area contributed by atoms with Gasteiger partial charge in [0.2, 0.25) is 0 Å². The summed E-state index contributed by atoms with van der Waals surface area (Å²) in [7, 11) is 1.53. The number of rotatable bonds is 5. The third kappa shape index (κ3) is 3.46. The molecule has 0 bridgehead atoms. The zero-order valence-corrected chi connectivity index (χ0v) is 13.2. The molecule has 1 aromatic heterocycles. The van der Waals surface area contributed by atoms with Gasteiger partial charge in [0.1, 0.15) is 29.7 Å². The molecule has 3 aromatic rings. The van der Waals surface area contributed by atoms with Crippen molar-refractivity contribution in [2.24, 2.45) is 0 Å². The second kappa shape index (κ2) is 7.00. The molecule has 0 amide bonds. The summed E-state index contributed by atoms with van der Waals surface area (Å²) in [5.74, 6) is 0.935. The number of nitrogen functional groups attached to an aromatic ring is 1. The Labute approximate surface area is 139 Å². The van der Waals surface area contributed by atoms with Crippen molar-refractivity contribution in [1.82, 2.24) is 4.98 Å². The van der Waals surface area contributed by atoms with Crippen LogP contribution in [-0.4, -0.2) is 12.1 Å². The summed E-state index contributed by atoms with van der Waals surface area (Å²) in [4.78, 5) is 3.74. The molecule has 122 valence electrons. The summed E-state index contributed by atoms with van der Waals surface area (Å²) in [6.07, 6.45) is 1.10. The number of pyridine rings is 1. The van der Waals surface area contributed by atoms with E-state index < -0.39 is 5.82 Å². The van der Waals surface area contributed by atoms with Gasteiger partial charge in [0.05, 0.1) is 13.3 Å². The summed E-state index contributed by atoms with van der Waals surface area (Å²) in [6, 6.07) is 16.6. The van der Waals surface area contributed by atoms with Crippen LogP contribution in [0.1, 0.15) is 5.56 Å². The molecule has 0 saturated carbocycles. The van der Waals surface area contributed by atoms with Gasteiger partial charge in [-0.25, -0.2) is 9.37 Å². The van der Waals surface area contributed by atoms with Gasteiger partial charge in [0.25, 0.3) is 0 Å². The van der Waals surface area contributed by atoms with E-state index in [4.69, 9.17) is 15.2 Å². The van der Waals surface area contributed by atoms with Crippen molar-refractivity contribution < 1.29 is 13.9 Å². The second-order valence-corrected chi connectivity index (χ2v) is 5.23. The minimum absolute atomic E-state index is 0.248. The first-order valence-electron chi connectivity index (χ1n) is 7.43. The Balaban J connectivity index is 1.87. The van der Waals surface area contributed by atoms with Crippen molar-refractivity contribution in [2.45, 2.75) is 6.61 Å². The Morgan fingerprint density at radius 3 is 2.58 bits per heavy atom. The van der Waals surface area contributed by atoms with Crippen LogP contribution in [-0.2, 0) is 6.61 Å². The molecule has 0 aliphatic carbocycles. The fourth-order valence-corrected chi connectivity index (χ4v) is 2.39. The van der Waals surface area contributed by atoms with Crippen molar-refractivity contribution in [1.29, 1.82) is 0 Å². The lowest BCUT2D eigenvalue weighted by atomic mass is 10.0. The number of halogens is 1. The predicted molar refractivity (Wildman–Crippen MR) is 91.4 cm³/mol. The van der Waals surface area contributed by atoms with Crippen molar-refractivity contribution in [3.63, 3.8) is 0 Å². The van der Waals surface area contributed by atoms with E-state index in [-0.39, 0.29) is 5.82 Å². The van der Waals surface area contributed by atoms with Gasteiger partial charge < -0.3 is 15.2 Å². The van der Waals surface area contributed by atoms with Crippen LogP contribution >= 0.6 is 0 Å². The van der Waals surface area contributed by atoms with Gasteiger partial charge >= 0.3 is 0 Å². The predicted octanol–water partition coefficient (Wildman–Crippen LogP) is 4.06. The van der Waals surface area contributed by atoms with Crippen LogP contribution in [0.5, 0.6) is 11.5 Å². The Morgan fingerprint density at radius 2 is 1.83 bits per heavy atom. The van der Waals surface area contributed by atoms with E-state index in [1.165, 1.54) is 13.2 Å². The summed E-state index contributed by atoms with van der Waals surface area (Å²) in [6.45, 7) is 0.444. The van der Waals surface area contributed by atoms with Crippen LogP contribution in [0.4, 0.5) is 10.2 Å². The highest BCUT2D eigenvalue weighted by Gasteiger charge is 2.13. The van der Waals surface area contributed by atoms with Crippen molar-refractivity contribution in [3.05, 3.63) is 72.2 Å². The van der Waals surface area contributed by atoms with Crippen molar-refractivity contribution in [3.8, 4) is 22.6 Å². The zero-order chi connectivity index (χ0) is 16.9. The number of anilines is 1. The van der Waals surface area contributed by atoms with Gasteiger partial charge in [-0.2, -0.15) is 0 Å². The normalized spacial score (nSPS) is 10.4. The first-order valence-corrected chi connectivity index (χ1v) is 7.43. The number of nitrogens with two attached hydrogens (primary N) is 1. The Morgan fingerprint density at radius 1 is 1.04 bits per heavy atom. The van der Waals surface area contributed by atoms with Crippen LogP contribution in [0, 0.1) is 5.82 Å². The van der Waals surface area contributed by atoms with E-state index in [2.05, 4.69) is 4.98 Å². The smallest absolute Gasteiger partial charge is 0.149 e. The molecule has 3 rings (SSSR count). The monoisotopic (exact) mass is 324 g/mol. The summed E-state index contributed by atoms with van der Waals surface area (Å²) >= 11 is 0. The fraction of sp³-hybridized carbons (Fsp3) is 0.105. The number of ether oxygens (including phenoxy) is 2. The second-order valence-electron chi connectivity index (χ2n) is 5.23. The third-order valence-electron chi connectivity index (χ3n) is 3.59. The van der Waals surface area contributed by atoms with Crippen LogP contribution in [0.3, 0.4) is 0 Å². The molecule has 2 N–H and O–H groups in total. The summed E-state index contributed by atoms with van der Waals surface area (Å²) in [5.41, 5.74) is 7.65. The molecule has 0 radical (unpaired) electrons. The fourth-order valence-electron chi connectivity index (χ4n) is 2.39. The molecule has 1 heterocycles. The van der Waals surface area contributed by atoms with Crippen LogP contribution in [0.25, 0.3) is 11.1 Å². The molecule has 0 aliphatic rings. The van der Waals surface area contributed by atoms with E-state index in [0.717, 1.165) is 11.8 Å². The lowest BCUT2D eigenvalue weighted by Gasteiger charge is -2.13. The first-order chi connectivity index (χ1) is 11.7. The van der Waals surface area contributed by atoms with Gasteiger partial charge in [-0.1, -0.05) is 30.3 Å². The number of nitrogens with zero attached hydrogens (tertiary/aromatic N) is 1. The largest absolute Gasteiger partial charge is 0.496 e. The minimum atomic E-state index is -0.458. The number of hydrogen-bond donors (Lipinski definition) is 1. The molecule has 0 aliphatic heterocycles. The van der Waals surface area contributed by atoms with Crippen molar-refractivity contribution >= 4 is 5.82 Å². The van der Waals surface area contributed by atoms with Gasteiger partial charge in [-0.05, 0) is 23.8 Å². The van der Waals surface area contributed by atoms with Crippen LogP contribution in [0.2, 0.25) is 0 Å². The highest BCUT2D eigenvalue weighted by Crippen LogP contribution is 2.35. The highest BCUT2D eigenvalue weighted by molar-refractivity contribution is 5.73. The van der Waals surface area contributed by atoms with Crippen LogP contribution < -0.4 is 15.2 Å². The number of benzene rings is 2. The maximum Gasteiger partial charge on any atom is 0.149 e. The standard InChI is InChI=1S/C19H17FN2O2/c1-23-18-9-14(24-12-13-5-3-2-4-6-13)7-8-15(18)16-10-19(21)22-11-17(16)20/h2-11H,12H2,1H3,(H2,21,22). The quantitative estimate of drug-likeness (QED) is 0.769. The maximum absolute atomic E-state index is 14.0. The Kier molecular flexibility index (Phi) is 4.61. The molecule has 4 nitrogen and oxygen atoms in total. The van der Waals surface area contributed by atoms with Crippen molar-refractivity contribution in [2.75, 3.05) is 12.8 Å². The molecular formula is C19H17FN2O2. The number of hydrogen-bond acceptors (Lipinski definition) is 4. The zero-order valence-electron chi connectivity index (χ0n) is 13.2.